The molecule has 0 atom stereocenters. The fourth-order valence-corrected chi connectivity index (χ4v) is 1.55. The van der Waals surface area contributed by atoms with Crippen LogP contribution in [0.5, 0.6) is 0 Å². The number of nitrogens with zero attached hydrogens (tertiary/aromatic N) is 1. The number of alkyl halides is 1. The van der Waals surface area contributed by atoms with Crippen LogP contribution in [0, 0.1) is 5.82 Å². The van der Waals surface area contributed by atoms with Crippen LogP contribution in [-0.2, 0) is 5.88 Å². The van der Waals surface area contributed by atoms with Gasteiger partial charge in [0.15, 0.2) is 0 Å². The highest BCUT2D eigenvalue weighted by molar-refractivity contribution is 6.16. The molecule has 1 aromatic heterocycles. The lowest BCUT2D eigenvalue weighted by Crippen LogP contribution is -1.86. The van der Waals surface area contributed by atoms with E-state index in [2.05, 4.69) is 4.98 Å². The number of pyridine rings is 1. The molecule has 0 N–H and O–H groups in total. The average molecular weight is 222 g/mol. The SMILES string of the molecule is Fc1cccc(-c2ccnc(CCl)c2)c1. The molecule has 0 amide bonds. The van der Waals surface area contributed by atoms with Crippen LogP contribution in [0.15, 0.2) is 42.6 Å². The van der Waals surface area contributed by atoms with E-state index < -0.39 is 0 Å². The summed E-state index contributed by atoms with van der Waals surface area (Å²) < 4.78 is 13.0. The van der Waals surface area contributed by atoms with Gasteiger partial charge in [0.05, 0.1) is 11.6 Å². The van der Waals surface area contributed by atoms with Crippen molar-refractivity contribution < 1.29 is 4.39 Å². The van der Waals surface area contributed by atoms with Gasteiger partial charge in [-0.1, -0.05) is 12.1 Å². The standard InChI is InChI=1S/C12H9ClFN/c13-8-12-7-10(4-5-15-12)9-2-1-3-11(14)6-9/h1-7H,8H2. The number of rotatable bonds is 2. The molecule has 1 heterocycles. The number of hydrogen-bond acceptors (Lipinski definition) is 1. The van der Waals surface area contributed by atoms with E-state index in [9.17, 15) is 4.39 Å². The second kappa shape index (κ2) is 4.41. The Bertz CT molecular complexity index is 471. The lowest BCUT2D eigenvalue weighted by molar-refractivity contribution is 0.628. The van der Waals surface area contributed by atoms with Crippen LogP contribution in [0.25, 0.3) is 11.1 Å². The Morgan fingerprint density at radius 3 is 2.67 bits per heavy atom. The van der Waals surface area contributed by atoms with E-state index >= 15 is 0 Å². The van der Waals surface area contributed by atoms with Gasteiger partial charge in [0.25, 0.3) is 0 Å². The monoisotopic (exact) mass is 221 g/mol. The maximum atomic E-state index is 13.0. The molecule has 0 bridgehead atoms. The van der Waals surface area contributed by atoms with Crippen molar-refractivity contribution in [3.63, 3.8) is 0 Å². The summed E-state index contributed by atoms with van der Waals surface area (Å²) in [5, 5.41) is 0. The van der Waals surface area contributed by atoms with Crippen molar-refractivity contribution in [2.45, 2.75) is 5.88 Å². The van der Waals surface area contributed by atoms with Crippen molar-refractivity contribution in [3.05, 3.63) is 54.1 Å². The molecular formula is C12H9ClFN. The first-order valence-corrected chi connectivity index (χ1v) is 5.10. The highest BCUT2D eigenvalue weighted by atomic mass is 35.5. The topological polar surface area (TPSA) is 12.9 Å². The van der Waals surface area contributed by atoms with Gasteiger partial charge in [-0.2, -0.15) is 0 Å². The third-order valence-corrected chi connectivity index (χ3v) is 2.39. The minimum absolute atomic E-state index is 0.239. The Morgan fingerprint density at radius 1 is 1.13 bits per heavy atom. The normalized spacial score (nSPS) is 10.3. The fourth-order valence-electron chi connectivity index (χ4n) is 1.40. The van der Waals surface area contributed by atoms with Gasteiger partial charge in [0, 0.05) is 6.20 Å². The van der Waals surface area contributed by atoms with Crippen molar-refractivity contribution in [1.29, 1.82) is 0 Å². The molecule has 0 spiro atoms. The first-order chi connectivity index (χ1) is 7.29. The van der Waals surface area contributed by atoms with Crippen LogP contribution in [0.3, 0.4) is 0 Å². The number of aromatic nitrogens is 1. The summed E-state index contributed by atoms with van der Waals surface area (Å²) in [6.07, 6.45) is 1.68. The van der Waals surface area contributed by atoms with E-state index in [0.717, 1.165) is 16.8 Å². The van der Waals surface area contributed by atoms with E-state index in [1.165, 1.54) is 12.1 Å². The molecule has 0 aliphatic rings. The lowest BCUT2D eigenvalue weighted by atomic mass is 10.1. The zero-order valence-electron chi connectivity index (χ0n) is 7.95. The number of halogens is 2. The van der Waals surface area contributed by atoms with Gasteiger partial charge in [-0.25, -0.2) is 4.39 Å². The third-order valence-electron chi connectivity index (χ3n) is 2.11. The van der Waals surface area contributed by atoms with Crippen LogP contribution < -0.4 is 0 Å². The fraction of sp³-hybridized carbons (Fsp3) is 0.0833. The zero-order chi connectivity index (χ0) is 10.7. The Labute approximate surface area is 92.5 Å². The average Bonchev–Trinajstić information content (AvgIpc) is 2.29. The maximum Gasteiger partial charge on any atom is 0.123 e. The van der Waals surface area contributed by atoms with E-state index in [1.54, 1.807) is 12.3 Å². The van der Waals surface area contributed by atoms with Crippen LogP contribution in [0.2, 0.25) is 0 Å². The predicted molar refractivity (Wildman–Crippen MR) is 59.2 cm³/mol. The molecule has 1 aromatic carbocycles. The zero-order valence-corrected chi connectivity index (χ0v) is 8.71. The van der Waals surface area contributed by atoms with E-state index in [1.807, 2.05) is 18.2 Å². The maximum absolute atomic E-state index is 13.0. The van der Waals surface area contributed by atoms with Gasteiger partial charge in [0.2, 0.25) is 0 Å². The van der Waals surface area contributed by atoms with Crippen molar-refractivity contribution in [2.24, 2.45) is 0 Å². The Balaban J connectivity index is 2.44. The van der Waals surface area contributed by atoms with Crippen molar-refractivity contribution in [3.8, 4) is 11.1 Å². The first kappa shape index (κ1) is 10.1. The summed E-state index contributed by atoms with van der Waals surface area (Å²) in [7, 11) is 0. The summed E-state index contributed by atoms with van der Waals surface area (Å²) in [4.78, 5) is 4.08. The molecule has 0 saturated carbocycles. The molecule has 2 aromatic rings. The number of hydrogen-bond donors (Lipinski definition) is 0. The van der Waals surface area contributed by atoms with Gasteiger partial charge < -0.3 is 0 Å². The molecule has 0 aliphatic heterocycles. The first-order valence-electron chi connectivity index (χ1n) is 4.56. The summed E-state index contributed by atoms with van der Waals surface area (Å²) in [6, 6.07) is 10.2. The summed E-state index contributed by atoms with van der Waals surface area (Å²) in [5.41, 5.74) is 2.56. The highest BCUT2D eigenvalue weighted by Crippen LogP contribution is 2.20. The summed E-state index contributed by atoms with van der Waals surface area (Å²) in [6.45, 7) is 0. The number of benzene rings is 1. The Morgan fingerprint density at radius 2 is 1.93 bits per heavy atom. The van der Waals surface area contributed by atoms with Crippen molar-refractivity contribution in [2.75, 3.05) is 0 Å². The lowest BCUT2D eigenvalue weighted by Gasteiger charge is -2.02. The van der Waals surface area contributed by atoms with Gasteiger partial charge in [-0.15, -0.1) is 11.6 Å². The van der Waals surface area contributed by atoms with Crippen molar-refractivity contribution in [1.82, 2.24) is 4.98 Å². The van der Waals surface area contributed by atoms with Crippen molar-refractivity contribution >= 4 is 11.6 Å². The Kier molecular flexibility index (Phi) is 2.97. The molecular weight excluding hydrogens is 213 g/mol. The van der Waals surface area contributed by atoms with E-state index in [0.29, 0.717) is 5.88 Å². The molecule has 76 valence electrons. The van der Waals surface area contributed by atoms with Crippen LogP contribution in [0.1, 0.15) is 5.69 Å². The van der Waals surface area contributed by atoms with E-state index in [4.69, 9.17) is 11.6 Å². The van der Waals surface area contributed by atoms with Gasteiger partial charge in [-0.3, -0.25) is 4.98 Å². The second-order valence-electron chi connectivity index (χ2n) is 3.18. The van der Waals surface area contributed by atoms with Crippen LogP contribution in [-0.4, -0.2) is 4.98 Å². The molecule has 3 heteroatoms. The van der Waals surface area contributed by atoms with E-state index in [-0.39, 0.29) is 5.82 Å². The minimum atomic E-state index is -0.239. The molecule has 2 rings (SSSR count). The summed E-state index contributed by atoms with van der Waals surface area (Å²) in [5.74, 6) is 0.125. The molecule has 1 nitrogen and oxygen atoms in total. The third kappa shape index (κ3) is 2.34. The van der Waals surface area contributed by atoms with Gasteiger partial charge in [0.1, 0.15) is 5.82 Å². The second-order valence-corrected chi connectivity index (χ2v) is 3.45. The minimum Gasteiger partial charge on any atom is -0.260 e. The molecule has 15 heavy (non-hydrogen) atoms. The smallest absolute Gasteiger partial charge is 0.123 e. The molecule has 0 radical (unpaired) electrons. The van der Waals surface area contributed by atoms with Gasteiger partial charge in [-0.05, 0) is 35.4 Å². The molecule has 0 saturated heterocycles. The Hall–Kier alpha value is -1.41. The predicted octanol–water partition coefficient (Wildman–Crippen LogP) is 3.63. The summed E-state index contributed by atoms with van der Waals surface area (Å²) >= 11 is 5.68. The molecule has 0 unspecified atom stereocenters. The highest BCUT2D eigenvalue weighted by Gasteiger charge is 2.00. The van der Waals surface area contributed by atoms with Crippen LogP contribution >= 0.6 is 11.6 Å². The quantitative estimate of drug-likeness (QED) is 0.706. The molecule has 0 fully saturated rings. The van der Waals surface area contributed by atoms with Crippen LogP contribution in [0.4, 0.5) is 4.39 Å². The molecule has 0 aliphatic carbocycles. The van der Waals surface area contributed by atoms with Gasteiger partial charge >= 0.3 is 0 Å². The largest absolute Gasteiger partial charge is 0.260 e.